The summed E-state index contributed by atoms with van der Waals surface area (Å²) in [6, 6.07) is 7.71. The fraction of sp³-hybridized carbons (Fsp3) is 0.609. The Morgan fingerprint density at radius 3 is 2.48 bits per heavy atom. The topological polar surface area (TPSA) is 68.2 Å². The highest BCUT2D eigenvalue weighted by molar-refractivity contribution is 5.91. The van der Waals surface area contributed by atoms with Gasteiger partial charge in [-0.3, -0.25) is 4.79 Å². The number of amides is 1. The van der Waals surface area contributed by atoms with E-state index in [1.54, 1.807) is 0 Å². The molecule has 0 bridgehead atoms. The van der Waals surface area contributed by atoms with Crippen molar-refractivity contribution in [1.29, 1.82) is 0 Å². The van der Waals surface area contributed by atoms with E-state index in [0.717, 1.165) is 17.5 Å². The summed E-state index contributed by atoms with van der Waals surface area (Å²) in [5.74, 6) is 1.34. The summed E-state index contributed by atoms with van der Waals surface area (Å²) in [7, 11) is 0. The van der Waals surface area contributed by atoms with Crippen molar-refractivity contribution in [3.8, 4) is 0 Å². The zero-order chi connectivity index (χ0) is 20.1. The van der Waals surface area contributed by atoms with Crippen molar-refractivity contribution in [3.63, 3.8) is 0 Å². The lowest BCUT2D eigenvalue weighted by Crippen LogP contribution is -2.43. The van der Waals surface area contributed by atoms with Gasteiger partial charge in [-0.1, -0.05) is 37.1 Å². The number of ether oxygens (including phenoxy) is 3. The van der Waals surface area contributed by atoms with Gasteiger partial charge in [-0.25, -0.2) is 0 Å². The van der Waals surface area contributed by atoms with Gasteiger partial charge < -0.3 is 24.2 Å². The van der Waals surface area contributed by atoms with Crippen molar-refractivity contribution >= 4 is 5.91 Å². The number of nitrogens with zero attached hydrogens (tertiary/aromatic N) is 1. The minimum Gasteiger partial charge on any atom is -0.459 e. The summed E-state index contributed by atoms with van der Waals surface area (Å²) < 4.78 is 17.5. The number of morpholine rings is 1. The number of carbonyl (C=O) groups excluding carboxylic acids is 1. The Labute approximate surface area is 172 Å². The Kier molecular flexibility index (Phi) is 6.85. The summed E-state index contributed by atoms with van der Waals surface area (Å²) in [5.41, 5.74) is 1.91. The summed E-state index contributed by atoms with van der Waals surface area (Å²) in [6.45, 7) is 2.83. The van der Waals surface area contributed by atoms with Gasteiger partial charge >= 0.3 is 0 Å². The van der Waals surface area contributed by atoms with E-state index in [0.29, 0.717) is 50.5 Å². The number of carbonyl (C=O) groups is 1. The van der Waals surface area contributed by atoms with Crippen LogP contribution in [0.4, 0.5) is 0 Å². The molecule has 4 rings (SSSR count). The van der Waals surface area contributed by atoms with E-state index >= 15 is 0 Å². The maximum atomic E-state index is 13.0. The molecule has 0 aromatic heterocycles. The second-order valence-electron chi connectivity index (χ2n) is 8.21. The molecule has 6 nitrogen and oxygen atoms in total. The minimum absolute atomic E-state index is 0.0355. The first kappa shape index (κ1) is 20.4. The summed E-state index contributed by atoms with van der Waals surface area (Å²) >= 11 is 0. The molecule has 1 aliphatic carbocycles. The third-order valence-corrected chi connectivity index (χ3v) is 6.24. The van der Waals surface area contributed by atoms with Gasteiger partial charge in [-0.2, -0.15) is 0 Å². The highest BCUT2D eigenvalue weighted by Crippen LogP contribution is 2.38. The first-order valence-corrected chi connectivity index (χ1v) is 10.8. The molecule has 2 heterocycles. The lowest BCUT2D eigenvalue weighted by atomic mass is 9.86. The molecule has 1 saturated heterocycles. The van der Waals surface area contributed by atoms with E-state index in [9.17, 15) is 9.90 Å². The molecule has 1 saturated carbocycles. The van der Waals surface area contributed by atoms with Crippen LogP contribution in [0.1, 0.15) is 43.2 Å². The van der Waals surface area contributed by atoms with E-state index in [1.165, 1.54) is 25.7 Å². The van der Waals surface area contributed by atoms with Crippen LogP contribution in [-0.2, 0) is 32.2 Å². The van der Waals surface area contributed by atoms with Crippen LogP contribution in [0.5, 0.6) is 0 Å². The van der Waals surface area contributed by atoms with Gasteiger partial charge in [0.2, 0.25) is 6.29 Å². The Balaban J connectivity index is 1.43. The van der Waals surface area contributed by atoms with Crippen LogP contribution >= 0.6 is 0 Å². The molecule has 6 heteroatoms. The number of allylic oxidation sites excluding steroid dienone is 1. The average Bonchev–Trinajstić information content (AvgIpc) is 3.33. The van der Waals surface area contributed by atoms with E-state index in [-0.39, 0.29) is 12.5 Å². The molecule has 0 radical (unpaired) electrons. The predicted molar refractivity (Wildman–Crippen MR) is 108 cm³/mol. The van der Waals surface area contributed by atoms with E-state index in [2.05, 4.69) is 6.08 Å². The number of aliphatic hydroxyl groups excluding tert-OH is 1. The molecule has 2 atom stereocenters. The first-order valence-electron chi connectivity index (χ1n) is 10.8. The van der Waals surface area contributed by atoms with E-state index in [1.807, 2.05) is 29.2 Å². The molecule has 0 spiro atoms. The molecule has 3 aliphatic rings. The van der Waals surface area contributed by atoms with Crippen molar-refractivity contribution in [3.05, 3.63) is 47.2 Å². The van der Waals surface area contributed by atoms with Gasteiger partial charge in [0.05, 0.1) is 26.4 Å². The lowest BCUT2D eigenvalue weighted by molar-refractivity contribution is -0.162. The second-order valence-corrected chi connectivity index (χ2v) is 8.21. The van der Waals surface area contributed by atoms with Crippen molar-refractivity contribution in [2.45, 2.75) is 51.6 Å². The highest BCUT2D eigenvalue weighted by Gasteiger charge is 2.35. The third-order valence-electron chi connectivity index (χ3n) is 6.24. The largest absolute Gasteiger partial charge is 0.459 e. The van der Waals surface area contributed by atoms with Crippen LogP contribution in [0, 0.1) is 11.8 Å². The zero-order valence-electron chi connectivity index (χ0n) is 16.9. The Hall–Kier alpha value is -1.89. The van der Waals surface area contributed by atoms with E-state index < -0.39 is 6.29 Å². The normalized spacial score (nSPS) is 25.6. The lowest BCUT2D eigenvalue weighted by Gasteiger charge is -2.34. The van der Waals surface area contributed by atoms with Gasteiger partial charge in [0.15, 0.2) is 5.76 Å². The number of hydrogen-bond donors (Lipinski definition) is 1. The molecule has 0 unspecified atom stereocenters. The quantitative estimate of drug-likeness (QED) is 0.794. The molecule has 29 heavy (non-hydrogen) atoms. The Bertz CT molecular complexity index is 704. The molecule has 1 amide bonds. The summed E-state index contributed by atoms with van der Waals surface area (Å²) in [6.07, 6.45) is 7.41. The standard InChI is InChI=1S/C23H31NO5/c25-15-17-5-7-18(8-6-17)16-28-22-14-20(19-3-1-2-4-19)13-21(29-22)23(26)24-9-11-27-12-10-24/h5-8,13,19-20,22,25H,1-4,9-12,14-16H2/t20-,22+/m0/s1. The number of hydrogen-bond acceptors (Lipinski definition) is 5. The molecule has 1 aromatic rings. The SMILES string of the molecule is O=C(C1=C[C@H](C2CCCC2)C[C@H](OCc2ccc(CO)cc2)O1)N1CCOCC1. The Morgan fingerprint density at radius 2 is 1.79 bits per heavy atom. The number of aliphatic hydroxyl groups is 1. The van der Waals surface area contributed by atoms with Crippen molar-refractivity contribution < 1.29 is 24.1 Å². The van der Waals surface area contributed by atoms with Crippen LogP contribution in [0.2, 0.25) is 0 Å². The molecule has 1 N–H and O–H groups in total. The van der Waals surface area contributed by atoms with Crippen molar-refractivity contribution in [2.75, 3.05) is 26.3 Å². The van der Waals surface area contributed by atoms with Crippen molar-refractivity contribution in [1.82, 2.24) is 4.90 Å². The smallest absolute Gasteiger partial charge is 0.288 e. The van der Waals surface area contributed by atoms with Crippen LogP contribution in [0.3, 0.4) is 0 Å². The molecule has 2 fully saturated rings. The second kappa shape index (κ2) is 9.74. The zero-order valence-corrected chi connectivity index (χ0v) is 16.9. The van der Waals surface area contributed by atoms with Crippen LogP contribution in [0.15, 0.2) is 36.1 Å². The highest BCUT2D eigenvalue weighted by atomic mass is 16.7. The van der Waals surface area contributed by atoms with Gasteiger partial charge in [0.25, 0.3) is 5.91 Å². The Morgan fingerprint density at radius 1 is 1.10 bits per heavy atom. The van der Waals surface area contributed by atoms with Crippen LogP contribution in [0.25, 0.3) is 0 Å². The monoisotopic (exact) mass is 401 g/mol. The first-order chi connectivity index (χ1) is 14.2. The van der Waals surface area contributed by atoms with Crippen molar-refractivity contribution in [2.24, 2.45) is 11.8 Å². The molecular formula is C23H31NO5. The predicted octanol–water partition coefficient (Wildman–Crippen LogP) is 2.99. The molecule has 2 aliphatic heterocycles. The van der Waals surface area contributed by atoms with Gasteiger partial charge in [0, 0.05) is 19.5 Å². The molecule has 1 aromatic carbocycles. The van der Waals surface area contributed by atoms with Gasteiger partial charge in [-0.15, -0.1) is 0 Å². The van der Waals surface area contributed by atoms with E-state index in [4.69, 9.17) is 14.2 Å². The molecule has 158 valence electrons. The molecular weight excluding hydrogens is 370 g/mol. The summed E-state index contributed by atoms with van der Waals surface area (Å²) in [4.78, 5) is 14.8. The van der Waals surface area contributed by atoms with Crippen LogP contribution < -0.4 is 0 Å². The number of rotatable bonds is 6. The maximum absolute atomic E-state index is 13.0. The average molecular weight is 402 g/mol. The minimum atomic E-state index is -0.414. The number of benzene rings is 1. The van der Waals surface area contributed by atoms with Gasteiger partial charge in [0.1, 0.15) is 0 Å². The maximum Gasteiger partial charge on any atom is 0.288 e. The summed E-state index contributed by atoms with van der Waals surface area (Å²) in [5, 5.41) is 9.18. The fourth-order valence-corrected chi connectivity index (χ4v) is 4.50. The third kappa shape index (κ3) is 5.18. The van der Waals surface area contributed by atoms with Crippen LogP contribution in [-0.4, -0.2) is 48.5 Å². The van der Waals surface area contributed by atoms with Gasteiger partial charge in [-0.05, 0) is 41.9 Å². The fourth-order valence-electron chi connectivity index (χ4n) is 4.50.